The number of para-hydroxylation sites is 1. The van der Waals surface area contributed by atoms with Gasteiger partial charge in [-0.2, -0.15) is 0 Å². The molecule has 6 atom stereocenters. The average molecular weight is 528 g/mol. The molecule has 1 fully saturated rings. The highest BCUT2D eigenvalue weighted by Gasteiger charge is 2.54. The molecular formula is C22H30N3O8PS. The van der Waals surface area contributed by atoms with Crippen molar-refractivity contribution >= 4 is 24.2 Å². The standard InChI is InChI=1S/C22H30N3O8PS/c1-13(2)31-19(28)14(3)24-34(35,33-15-8-6-5-7-9-15)12-16-18(27)22(4,30)20(32-16)25-11-10-17(26)23-21(25)29/h5-11,13-14,16,18,20,27,30H,12H2,1-4H3,(H,24,35)(H,23,26,29)/t14-,16+,18+,20+,22+,34+/m0/s1. The van der Waals surface area contributed by atoms with Gasteiger partial charge in [-0.25, -0.2) is 9.88 Å². The maximum absolute atomic E-state index is 12.4. The van der Waals surface area contributed by atoms with E-state index in [9.17, 15) is 24.6 Å². The third-order valence-corrected chi connectivity index (χ3v) is 8.48. The number of esters is 1. The smallest absolute Gasteiger partial charge is 0.330 e. The lowest BCUT2D eigenvalue weighted by Gasteiger charge is -2.30. The molecule has 192 valence electrons. The van der Waals surface area contributed by atoms with Crippen molar-refractivity contribution in [3.8, 4) is 5.75 Å². The van der Waals surface area contributed by atoms with E-state index >= 15 is 0 Å². The normalized spacial score (nSPS) is 26.8. The SMILES string of the molecule is CC(C)OC(=O)[C@H](C)N[P@](=S)(C[C@H]1O[C@@H](n2ccc(=O)[nH]c2=O)[C@](C)(O)[C@@H]1O)Oc1ccccc1. The Kier molecular flexibility index (Phi) is 8.36. The second-order valence-corrected chi connectivity index (χ2v) is 12.7. The average Bonchev–Trinajstić information content (AvgIpc) is 2.97. The number of hydrogen-bond acceptors (Lipinski definition) is 9. The van der Waals surface area contributed by atoms with Gasteiger partial charge in [-0.3, -0.25) is 19.1 Å². The molecule has 2 aromatic rings. The van der Waals surface area contributed by atoms with Gasteiger partial charge in [0.05, 0.1) is 18.4 Å². The minimum Gasteiger partial charge on any atom is -0.462 e. The van der Waals surface area contributed by atoms with Crippen molar-refractivity contribution in [1.82, 2.24) is 14.6 Å². The first-order chi connectivity index (χ1) is 16.3. The number of hydrogen-bond donors (Lipinski definition) is 4. The molecule has 1 aromatic carbocycles. The Bertz CT molecular complexity index is 1200. The Morgan fingerprint density at radius 3 is 2.54 bits per heavy atom. The molecule has 0 spiro atoms. The second-order valence-electron chi connectivity index (χ2n) is 8.81. The second kappa shape index (κ2) is 10.7. The van der Waals surface area contributed by atoms with E-state index in [0.717, 1.165) is 10.6 Å². The lowest BCUT2D eigenvalue weighted by atomic mass is 9.97. The van der Waals surface area contributed by atoms with E-state index in [-0.39, 0.29) is 12.3 Å². The van der Waals surface area contributed by atoms with Crippen LogP contribution in [0.3, 0.4) is 0 Å². The number of rotatable bonds is 9. The van der Waals surface area contributed by atoms with E-state index in [1.165, 1.54) is 13.1 Å². The molecular weight excluding hydrogens is 497 g/mol. The summed E-state index contributed by atoms with van der Waals surface area (Å²) < 4.78 is 18.3. The van der Waals surface area contributed by atoms with Crippen LogP contribution in [0.15, 0.2) is 52.2 Å². The number of ether oxygens (including phenoxy) is 2. The summed E-state index contributed by atoms with van der Waals surface area (Å²) in [6.45, 7) is 6.36. The molecule has 1 aliphatic rings. The lowest BCUT2D eigenvalue weighted by Crippen LogP contribution is -2.47. The summed E-state index contributed by atoms with van der Waals surface area (Å²) in [5.74, 6) is -0.0798. The van der Waals surface area contributed by atoms with Crippen LogP contribution in [0.4, 0.5) is 0 Å². The van der Waals surface area contributed by atoms with Gasteiger partial charge in [-0.05, 0) is 51.6 Å². The molecule has 35 heavy (non-hydrogen) atoms. The quantitative estimate of drug-likeness (QED) is 0.273. The number of aromatic nitrogens is 2. The topological polar surface area (TPSA) is 152 Å². The Morgan fingerprint density at radius 1 is 1.29 bits per heavy atom. The van der Waals surface area contributed by atoms with Crippen molar-refractivity contribution in [2.75, 3.05) is 6.16 Å². The van der Waals surface area contributed by atoms with Crippen LogP contribution in [0.2, 0.25) is 0 Å². The minimum absolute atomic E-state index is 0.0948. The van der Waals surface area contributed by atoms with E-state index in [4.69, 9.17) is 25.8 Å². The summed E-state index contributed by atoms with van der Waals surface area (Å²) >= 11 is 5.84. The fraction of sp³-hybridized carbons (Fsp3) is 0.500. The van der Waals surface area contributed by atoms with Crippen molar-refractivity contribution in [3.63, 3.8) is 0 Å². The molecule has 1 saturated heterocycles. The summed E-state index contributed by atoms with van der Waals surface area (Å²) in [4.78, 5) is 38.3. The first-order valence-electron chi connectivity index (χ1n) is 11.0. The monoisotopic (exact) mass is 527 g/mol. The molecule has 4 N–H and O–H groups in total. The molecule has 0 unspecified atom stereocenters. The maximum atomic E-state index is 12.4. The molecule has 11 nitrogen and oxygen atoms in total. The summed E-state index contributed by atoms with van der Waals surface area (Å²) in [6.07, 6.45) is -6.22. The van der Waals surface area contributed by atoms with Gasteiger partial charge in [0, 0.05) is 12.3 Å². The summed E-state index contributed by atoms with van der Waals surface area (Å²) in [5, 5.41) is 25.0. The summed E-state index contributed by atoms with van der Waals surface area (Å²) in [7, 11) is 0. The fourth-order valence-corrected chi connectivity index (χ4v) is 7.01. The molecule has 0 amide bonds. The molecule has 2 heterocycles. The molecule has 0 bridgehead atoms. The molecule has 3 rings (SSSR count). The first kappa shape index (κ1) is 27.3. The van der Waals surface area contributed by atoms with Gasteiger partial charge in [0.1, 0.15) is 23.5 Å². The van der Waals surface area contributed by atoms with Gasteiger partial charge in [0.2, 0.25) is 0 Å². The van der Waals surface area contributed by atoms with Crippen molar-refractivity contribution in [2.45, 2.75) is 63.9 Å². The van der Waals surface area contributed by atoms with Crippen molar-refractivity contribution in [1.29, 1.82) is 0 Å². The highest BCUT2D eigenvalue weighted by Crippen LogP contribution is 2.49. The van der Waals surface area contributed by atoms with E-state index in [1.807, 2.05) is 0 Å². The predicted octanol–water partition coefficient (Wildman–Crippen LogP) is 0.864. The van der Waals surface area contributed by atoms with Crippen LogP contribution in [-0.4, -0.2) is 61.9 Å². The molecule has 0 radical (unpaired) electrons. The number of carbonyl (C=O) groups excluding carboxylic acids is 1. The number of aromatic amines is 1. The van der Waals surface area contributed by atoms with Crippen molar-refractivity contribution in [3.05, 3.63) is 63.4 Å². The number of benzene rings is 1. The Labute approximate surface area is 207 Å². The number of H-pyrrole nitrogens is 1. The lowest BCUT2D eigenvalue weighted by molar-refractivity contribution is -0.148. The zero-order chi connectivity index (χ0) is 26.0. The number of aliphatic hydroxyl groups excluding tert-OH is 1. The third kappa shape index (κ3) is 6.46. The van der Waals surface area contributed by atoms with E-state index in [1.54, 1.807) is 51.1 Å². The van der Waals surface area contributed by atoms with Gasteiger partial charge < -0.3 is 24.2 Å². The van der Waals surface area contributed by atoms with E-state index in [0.29, 0.717) is 5.75 Å². The van der Waals surface area contributed by atoms with Crippen LogP contribution in [0.25, 0.3) is 0 Å². The molecule has 0 aliphatic carbocycles. The first-order valence-corrected chi connectivity index (χ1v) is 13.9. The van der Waals surface area contributed by atoms with Gasteiger partial charge >= 0.3 is 11.7 Å². The molecule has 1 aliphatic heterocycles. The minimum atomic E-state index is -3.13. The molecule has 0 saturated carbocycles. The van der Waals surface area contributed by atoms with Crippen LogP contribution in [0.5, 0.6) is 5.75 Å². The summed E-state index contributed by atoms with van der Waals surface area (Å²) in [6, 6.07) is 9.00. The number of nitrogens with one attached hydrogen (secondary N) is 2. The van der Waals surface area contributed by atoms with Crippen molar-refractivity contribution < 1.29 is 29.0 Å². The highest BCUT2D eigenvalue weighted by atomic mass is 32.4. The number of carbonyl (C=O) groups is 1. The number of aliphatic hydroxyl groups is 2. The van der Waals surface area contributed by atoms with Crippen LogP contribution < -0.4 is 20.9 Å². The van der Waals surface area contributed by atoms with Crippen LogP contribution in [0.1, 0.15) is 33.9 Å². The molecule has 1 aromatic heterocycles. The van der Waals surface area contributed by atoms with Crippen LogP contribution in [0, 0.1) is 0 Å². The van der Waals surface area contributed by atoms with Crippen molar-refractivity contribution in [2.24, 2.45) is 0 Å². The summed E-state index contributed by atoms with van der Waals surface area (Å²) in [5.41, 5.74) is -3.32. The fourth-order valence-electron chi connectivity index (χ4n) is 3.69. The third-order valence-electron chi connectivity index (χ3n) is 5.37. The zero-order valence-corrected chi connectivity index (χ0v) is 21.5. The van der Waals surface area contributed by atoms with Gasteiger partial charge in [0.15, 0.2) is 12.6 Å². The van der Waals surface area contributed by atoms with Gasteiger partial charge in [-0.1, -0.05) is 18.2 Å². The van der Waals surface area contributed by atoms with E-state index < -0.39 is 53.7 Å². The van der Waals surface area contributed by atoms with Gasteiger partial charge in [0.25, 0.3) is 5.56 Å². The predicted molar refractivity (Wildman–Crippen MR) is 132 cm³/mol. The highest BCUT2D eigenvalue weighted by molar-refractivity contribution is 8.11. The van der Waals surface area contributed by atoms with Crippen LogP contribution >= 0.6 is 6.42 Å². The Morgan fingerprint density at radius 2 is 1.94 bits per heavy atom. The number of nitrogens with zero attached hydrogens (tertiary/aromatic N) is 1. The largest absolute Gasteiger partial charge is 0.462 e. The van der Waals surface area contributed by atoms with E-state index in [2.05, 4.69) is 10.1 Å². The van der Waals surface area contributed by atoms with Crippen LogP contribution in [-0.2, 0) is 26.1 Å². The maximum Gasteiger partial charge on any atom is 0.330 e. The Balaban J connectivity index is 1.89. The Hall–Kier alpha value is -2.34. The molecule has 13 heteroatoms. The van der Waals surface area contributed by atoms with Gasteiger partial charge in [-0.15, -0.1) is 0 Å². The zero-order valence-electron chi connectivity index (χ0n) is 19.8.